The van der Waals surface area contributed by atoms with Gasteiger partial charge in [0.25, 0.3) is 0 Å². The van der Waals surface area contributed by atoms with E-state index in [1.165, 1.54) is 0 Å². The minimum Gasteiger partial charge on any atom is -0.317 e. The van der Waals surface area contributed by atoms with Gasteiger partial charge in [0.1, 0.15) is 0 Å². The Balaban J connectivity index is 2.06. The molecule has 0 heterocycles. The van der Waals surface area contributed by atoms with Crippen LogP contribution in [-0.4, -0.2) is 11.2 Å². The Morgan fingerprint density at radius 2 is 2.14 bits per heavy atom. The second-order valence-electron chi connectivity index (χ2n) is 2.40. The van der Waals surface area contributed by atoms with Crippen LogP contribution in [0.25, 0.3) is 0 Å². The summed E-state index contributed by atoms with van der Waals surface area (Å²) < 4.78 is 0. The highest BCUT2D eigenvalue weighted by Gasteiger charge is 2.23. The van der Waals surface area contributed by atoms with Crippen LogP contribution < -0.4 is 5.48 Å². The Kier molecular flexibility index (Phi) is 1.30. The van der Waals surface area contributed by atoms with Crippen molar-refractivity contribution >= 4 is 0 Å². The SMILES string of the molecule is CC1CC(NO)C1. The molecule has 0 aliphatic heterocycles. The second-order valence-corrected chi connectivity index (χ2v) is 2.40. The molecule has 2 N–H and O–H groups in total. The van der Waals surface area contributed by atoms with Gasteiger partial charge in [-0.05, 0) is 18.8 Å². The average Bonchev–Trinajstić information content (AvgIpc) is 1.58. The zero-order valence-electron chi connectivity index (χ0n) is 4.52. The van der Waals surface area contributed by atoms with Gasteiger partial charge in [-0.15, -0.1) is 0 Å². The van der Waals surface area contributed by atoms with Crippen molar-refractivity contribution in [2.45, 2.75) is 25.8 Å². The molecule has 0 bridgehead atoms. The third kappa shape index (κ3) is 0.924. The average molecular weight is 101 g/mol. The zero-order valence-corrected chi connectivity index (χ0v) is 4.52. The first-order chi connectivity index (χ1) is 3.33. The molecule has 0 radical (unpaired) electrons. The van der Waals surface area contributed by atoms with E-state index in [1.54, 1.807) is 0 Å². The van der Waals surface area contributed by atoms with E-state index in [9.17, 15) is 0 Å². The van der Waals surface area contributed by atoms with E-state index < -0.39 is 0 Å². The van der Waals surface area contributed by atoms with Crippen molar-refractivity contribution in [3.8, 4) is 0 Å². The first-order valence-corrected chi connectivity index (χ1v) is 2.72. The van der Waals surface area contributed by atoms with Gasteiger partial charge in [0.15, 0.2) is 0 Å². The molecule has 1 aliphatic carbocycles. The van der Waals surface area contributed by atoms with E-state index in [-0.39, 0.29) is 0 Å². The Morgan fingerprint density at radius 1 is 1.57 bits per heavy atom. The largest absolute Gasteiger partial charge is 0.317 e. The van der Waals surface area contributed by atoms with E-state index in [1.807, 2.05) is 0 Å². The molecule has 2 nitrogen and oxygen atoms in total. The molecular weight excluding hydrogens is 90.1 g/mol. The molecule has 0 spiro atoms. The summed E-state index contributed by atoms with van der Waals surface area (Å²) in [4.78, 5) is 0. The normalized spacial score (nSPS) is 40.3. The highest BCUT2D eigenvalue weighted by Crippen LogP contribution is 2.25. The first-order valence-electron chi connectivity index (χ1n) is 2.72. The Bertz CT molecular complexity index is 59.1. The van der Waals surface area contributed by atoms with Crippen molar-refractivity contribution in [2.75, 3.05) is 0 Å². The molecule has 0 atom stereocenters. The topological polar surface area (TPSA) is 32.3 Å². The van der Waals surface area contributed by atoms with Crippen LogP contribution in [0.15, 0.2) is 0 Å². The fourth-order valence-electron chi connectivity index (χ4n) is 1.01. The molecule has 1 aliphatic rings. The fourth-order valence-corrected chi connectivity index (χ4v) is 1.01. The van der Waals surface area contributed by atoms with Gasteiger partial charge in [-0.25, -0.2) is 5.48 Å². The van der Waals surface area contributed by atoms with Gasteiger partial charge in [0, 0.05) is 6.04 Å². The maximum absolute atomic E-state index is 8.25. The van der Waals surface area contributed by atoms with Gasteiger partial charge in [-0.2, -0.15) is 0 Å². The summed E-state index contributed by atoms with van der Waals surface area (Å²) in [5.74, 6) is 0.824. The second kappa shape index (κ2) is 1.80. The number of hydrogen-bond donors (Lipinski definition) is 2. The Hall–Kier alpha value is -0.0800. The predicted molar refractivity (Wildman–Crippen MR) is 27.1 cm³/mol. The van der Waals surface area contributed by atoms with Crippen LogP contribution >= 0.6 is 0 Å². The van der Waals surface area contributed by atoms with Gasteiger partial charge in [0.05, 0.1) is 0 Å². The molecule has 0 aromatic heterocycles. The van der Waals surface area contributed by atoms with E-state index >= 15 is 0 Å². The van der Waals surface area contributed by atoms with Crippen molar-refractivity contribution < 1.29 is 5.21 Å². The highest BCUT2D eigenvalue weighted by molar-refractivity contribution is 4.78. The third-order valence-electron chi connectivity index (χ3n) is 1.56. The van der Waals surface area contributed by atoms with Crippen molar-refractivity contribution in [3.63, 3.8) is 0 Å². The highest BCUT2D eigenvalue weighted by atomic mass is 16.5. The third-order valence-corrected chi connectivity index (χ3v) is 1.56. The zero-order chi connectivity index (χ0) is 5.28. The fraction of sp³-hybridized carbons (Fsp3) is 1.00. The van der Waals surface area contributed by atoms with Crippen molar-refractivity contribution in [2.24, 2.45) is 5.92 Å². The summed E-state index contributed by atoms with van der Waals surface area (Å²) in [5, 5.41) is 8.25. The van der Waals surface area contributed by atoms with Gasteiger partial charge in [-0.3, -0.25) is 0 Å². The van der Waals surface area contributed by atoms with E-state index in [4.69, 9.17) is 5.21 Å². The lowest BCUT2D eigenvalue weighted by Gasteiger charge is -2.30. The lowest BCUT2D eigenvalue weighted by atomic mass is 9.82. The predicted octanol–water partition coefficient (Wildman–Crippen LogP) is 0.764. The smallest absolute Gasteiger partial charge is 0.0324 e. The molecular formula is C5H11NO. The van der Waals surface area contributed by atoms with Crippen molar-refractivity contribution in [3.05, 3.63) is 0 Å². The Morgan fingerprint density at radius 3 is 2.29 bits per heavy atom. The number of hydroxylamine groups is 1. The molecule has 0 aromatic carbocycles. The van der Waals surface area contributed by atoms with E-state index in [0.717, 1.165) is 18.8 Å². The molecule has 7 heavy (non-hydrogen) atoms. The van der Waals surface area contributed by atoms with Gasteiger partial charge >= 0.3 is 0 Å². The van der Waals surface area contributed by atoms with Crippen molar-refractivity contribution in [1.82, 2.24) is 5.48 Å². The van der Waals surface area contributed by atoms with Crippen molar-refractivity contribution in [1.29, 1.82) is 0 Å². The first kappa shape index (κ1) is 5.06. The molecule has 0 saturated heterocycles. The maximum Gasteiger partial charge on any atom is 0.0324 e. The van der Waals surface area contributed by atoms with Gasteiger partial charge in [0.2, 0.25) is 0 Å². The van der Waals surface area contributed by atoms with Crippen LogP contribution in [0.3, 0.4) is 0 Å². The molecule has 42 valence electrons. The van der Waals surface area contributed by atoms with Crippen LogP contribution in [0.5, 0.6) is 0 Å². The lowest BCUT2D eigenvalue weighted by Crippen LogP contribution is -2.37. The monoisotopic (exact) mass is 101 g/mol. The summed E-state index contributed by atoms with van der Waals surface area (Å²) in [7, 11) is 0. The molecule has 0 unspecified atom stereocenters. The van der Waals surface area contributed by atoms with Gasteiger partial charge < -0.3 is 5.21 Å². The summed E-state index contributed by atoms with van der Waals surface area (Å²) in [5.41, 5.74) is 2.23. The molecule has 1 fully saturated rings. The van der Waals surface area contributed by atoms with E-state index in [2.05, 4.69) is 12.4 Å². The molecule has 2 heteroatoms. The van der Waals surface area contributed by atoms with Gasteiger partial charge in [-0.1, -0.05) is 6.92 Å². The van der Waals surface area contributed by atoms with Crippen LogP contribution in [-0.2, 0) is 0 Å². The van der Waals surface area contributed by atoms with Crippen LogP contribution in [0.4, 0.5) is 0 Å². The minimum absolute atomic E-state index is 0.398. The molecule has 1 rings (SSSR count). The summed E-state index contributed by atoms with van der Waals surface area (Å²) in [6.07, 6.45) is 2.27. The van der Waals surface area contributed by atoms with Crippen LogP contribution in [0.2, 0.25) is 0 Å². The molecule has 0 amide bonds. The quantitative estimate of drug-likeness (QED) is 0.478. The number of nitrogens with one attached hydrogen (secondary N) is 1. The van der Waals surface area contributed by atoms with Crippen LogP contribution in [0, 0.1) is 5.92 Å². The summed E-state index contributed by atoms with van der Waals surface area (Å²) in [6, 6.07) is 0.398. The summed E-state index contributed by atoms with van der Waals surface area (Å²) in [6.45, 7) is 2.19. The van der Waals surface area contributed by atoms with Crippen LogP contribution in [0.1, 0.15) is 19.8 Å². The Labute approximate surface area is 43.5 Å². The standard InChI is InChI=1S/C5H11NO/c1-4-2-5(3-4)6-7/h4-7H,2-3H2,1H3. The lowest BCUT2D eigenvalue weighted by molar-refractivity contribution is 0.0641. The van der Waals surface area contributed by atoms with E-state index in [0.29, 0.717) is 6.04 Å². The summed E-state index contributed by atoms with van der Waals surface area (Å²) >= 11 is 0. The molecule has 0 aromatic rings. The minimum atomic E-state index is 0.398. The number of rotatable bonds is 1. The number of hydrogen-bond acceptors (Lipinski definition) is 2. The maximum atomic E-state index is 8.25. The molecule has 1 saturated carbocycles.